The number of aliphatic hydroxyl groups is 2. The van der Waals surface area contributed by atoms with Crippen molar-refractivity contribution in [2.24, 2.45) is 23.7 Å². The summed E-state index contributed by atoms with van der Waals surface area (Å²) in [7, 11) is 0. The van der Waals surface area contributed by atoms with E-state index in [0.717, 1.165) is 73.9 Å². The van der Waals surface area contributed by atoms with Crippen LogP contribution in [0.4, 0.5) is 0 Å². The third kappa shape index (κ3) is 14.4. The molecule has 69 heavy (non-hydrogen) atoms. The molecule has 0 radical (unpaired) electrons. The quantitative estimate of drug-likeness (QED) is 0.0568. The molecule has 0 aliphatic rings. The van der Waals surface area contributed by atoms with E-state index >= 15 is 0 Å². The van der Waals surface area contributed by atoms with Gasteiger partial charge in [0.15, 0.2) is 11.6 Å². The molecule has 3 aromatic heterocycles. The Morgan fingerprint density at radius 2 is 0.855 bits per heavy atom. The van der Waals surface area contributed by atoms with Crippen LogP contribution < -0.4 is 0 Å². The Morgan fingerprint density at radius 3 is 1.17 bits per heavy atom. The van der Waals surface area contributed by atoms with Crippen LogP contribution in [0.2, 0.25) is 0 Å². The van der Waals surface area contributed by atoms with Crippen LogP contribution in [-0.2, 0) is 51.7 Å². The monoisotopic (exact) mass is 1310 g/mol. The van der Waals surface area contributed by atoms with Crippen LogP contribution in [0.15, 0.2) is 96.7 Å². The number of carbonyl (C=O) groups excluding carboxylic acids is 2. The maximum Gasteiger partial charge on any atom is 0.162 e. The topological polar surface area (TPSA) is 100 Å². The van der Waals surface area contributed by atoms with E-state index in [9.17, 15) is 19.8 Å². The van der Waals surface area contributed by atoms with E-state index in [-0.39, 0.29) is 88.9 Å². The Balaban J connectivity index is 0.000000331. The summed E-state index contributed by atoms with van der Waals surface area (Å²) >= 11 is 1.79. The third-order valence-electron chi connectivity index (χ3n) is 13.4. The molecule has 374 valence electrons. The number of benzene rings is 4. The second kappa shape index (κ2) is 27.9. The van der Waals surface area contributed by atoms with Gasteiger partial charge in [-0.15, -0.1) is 58.3 Å². The average Bonchev–Trinajstić information content (AvgIpc) is 3.70. The SMILES string of the molecule is CCC(CC)C(=O)/C=C(\O)C(CC)CC.CCC(CC)C(=O)/C=C(\O)C(CC)CC.Cc1cc(C)c2cnc(-c3[c-]ccc4c3sc3c(-c5cc6cc(C)cc(C)c6cn5)[c-]ccc34)cc2c1.[Pt].[Pt]. The van der Waals surface area contributed by atoms with Crippen LogP contribution in [0.5, 0.6) is 0 Å². The summed E-state index contributed by atoms with van der Waals surface area (Å²) in [5, 5.41) is 26.8. The zero-order valence-corrected chi connectivity index (χ0v) is 48.1. The third-order valence-corrected chi connectivity index (χ3v) is 14.7. The van der Waals surface area contributed by atoms with Crippen molar-refractivity contribution in [2.75, 3.05) is 0 Å². The maximum absolute atomic E-state index is 11.7. The summed E-state index contributed by atoms with van der Waals surface area (Å²) in [5.41, 5.74) is 9.04. The van der Waals surface area contributed by atoms with E-state index in [1.807, 2.05) is 79.9 Å². The number of pyridine rings is 2. The summed E-state index contributed by atoms with van der Waals surface area (Å²) in [5.74, 6) is 1.09. The van der Waals surface area contributed by atoms with Crippen LogP contribution in [0.3, 0.4) is 0 Å². The minimum atomic E-state index is 0. The average molecular weight is 1310 g/mol. The van der Waals surface area contributed by atoms with E-state index in [1.54, 1.807) is 11.3 Å². The summed E-state index contributed by atoms with van der Waals surface area (Å²) in [4.78, 5) is 33.2. The van der Waals surface area contributed by atoms with Crippen LogP contribution in [-0.4, -0.2) is 31.7 Å². The fourth-order valence-corrected chi connectivity index (χ4v) is 10.5. The molecule has 0 spiro atoms. The van der Waals surface area contributed by atoms with E-state index in [4.69, 9.17) is 9.97 Å². The molecule has 0 atom stereocenters. The van der Waals surface area contributed by atoms with Gasteiger partial charge in [-0.25, -0.2) is 11.3 Å². The van der Waals surface area contributed by atoms with Crippen molar-refractivity contribution in [1.82, 2.24) is 9.97 Å². The number of hydrogen-bond donors (Lipinski definition) is 2. The molecule has 0 fully saturated rings. The van der Waals surface area contributed by atoms with Crippen molar-refractivity contribution in [2.45, 2.75) is 134 Å². The largest absolute Gasteiger partial charge is 0.512 e. The van der Waals surface area contributed by atoms with Crippen LogP contribution in [0, 0.1) is 63.5 Å². The molecule has 0 unspecified atom stereocenters. The van der Waals surface area contributed by atoms with Crippen molar-refractivity contribution in [3.8, 4) is 22.5 Å². The Labute approximate surface area is 445 Å². The fourth-order valence-electron chi connectivity index (χ4n) is 9.17. The van der Waals surface area contributed by atoms with Gasteiger partial charge in [0.05, 0.1) is 11.5 Å². The second-order valence-corrected chi connectivity index (χ2v) is 19.1. The molecule has 6 nitrogen and oxygen atoms in total. The maximum atomic E-state index is 11.7. The molecule has 7 aromatic rings. The Morgan fingerprint density at radius 1 is 0.522 bits per heavy atom. The summed E-state index contributed by atoms with van der Waals surface area (Å²) < 4.78 is 2.39. The molecule has 3 heterocycles. The standard InChI is InChI=1S/C34H24N2S.2C13H24O2.2Pt/c1-19-11-21(3)29-17-35-31(15-23(29)13-19)27-9-5-7-25-26-8-6-10-28(34(26)37-33(25)27)32-16-24-14-20(2)12-22(4)30(24)18-36-32;2*1-5-10(6-2)12(14)9-13(15)11(7-3)8-4;;/h5-8,11-18H,1-4H3;2*9-11,14H,5-8H2,1-4H3;;/q-2;;;;/b;2*12-9-;;. The fraction of sp³-hybridized carbons (Fsp3) is 0.400. The Hall–Kier alpha value is -4.28. The molecule has 7 rings (SSSR count). The smallest absolute Gasteiger partial charge is 0.162 e. The molecule has 0 saturated heterocycles. The number of nitrogens with zero attached hydrogens (tertiary/aromatic N) is 2. The number of thiophene rings is 1. The molecule has 2 N–H and O–H groups in total. The van der Waals surface area contributed by atoms with Gasteiger partial charge in [0.1, 0.15) is 0 Å². The van der Waals surface area contributed by atoms with Gasteiger partial charge in [0, 0.05) is 101 Å². The Bertz CT molecular complexity index is 2690. The van der Waals surface area contributed by atoms with Gasteiger partial charge in [0.25, 0.3) is 0 Å². The number of fused-ring (bicyclic) bond motifs is 5. The van der Waals surface area contributed by atoms with Crippen LogP contribution in [0.1, 0.15) is 129 Å². The van der Waals surface area contributed by atoms with E-state index in [0.29, 0.717) is 0 Å². The molecule has 0 aliphatic heterocycles. The number of aryl methyl sites for hydroxylation is 4. The van der Waals surface area contributed by atoms with Gasteiger partial charge in [-0.05, 0) is 112 Å². The van der Waals surface area contributed by atoms with Crippen molar-refractivity contribution in [1.29, 1.82) is 0 Å². The first-order valence-corrected chi connectivity index (χ1v) is 25.4. The zero-order valence-electron chi connectivity index (χ0n) is 42.7. The summed E-state index contributed by atoms with van der Waals surface area (Å²) in [6, 6.07) is 28.7. The number of ketones is 2. The predicted octanol–water partition coefficient (Wildman–Crippen LogP) is 17.1. The van der Waals surface area contributed by atoms with Crippen molar-refractivity contribution >= 4 is 64.6 Å². The first kappa shape index (κ1) is 59.0. The molecule has 0 aliphatic carbocycles. The minimum absolute atomic E-state index is 0. The second-order valence-electron chi connectivity index (χ2n) is 18.0. The number of hydrogen-bond acceptors (Lipinski definition) is 7. The number of aliphatic hydroxyl groups excluding tert-OH is 2. The van der Waals surface area contributed by atoms with Crippen molar-refractivity contribution in [3.05, 3.63) is 131 Å². The molecule has 9 heteroatoms. The van der Waals surface area contributed by atoms with Crippen molar-refractivity contribution in [3.63, 3.8) is 0 Å². The zero-order chi connectivity index (χ0) is 48.9. The first-order valence-electron chi connectivity index (χ1n) is 24.6. The first-order chi connectivity index (χ1) is 32.2. The number of carbonyl (C=O) groups is 2. The van der Waals surface area contributed by atoms with Gasteiger partial charge < -0.3 is 20.2 Å². The summed E-state index contributed by atoms with van der Waals surface area (Å²) in [6.45, 7) is 24.7. The summed E-state index contributed by atoms with van der Waals surface area (Å²) in [6.07, 6.45) is 13.8. The molecule has 0 bridgehead atoms. The van der Waals surface area contributed by atoms with Crippen molar-refractivity contribution < 1.29 is 61.9 Å². The molecular weight excluding hydrogens is 1230 g/mol. The molecule has 0 amide bonds. The number of aromatic nitrogens is 2. The predicted molar refractivity (Wildman–Crippen MR) is 285 cm³/mol. The van der Waals surface area contributed by atoms with Gasteiger partial charge in [0.2, 0.25) is 0 Å². The molecular formula is C60H72N2O4Pt2S-2. The molecule has 0 saturated carbocycles. The van der Waals surface area contributed by atoms with Crippen LogP contribution >= 0.6 is 11.3 Å². The van der Waals surface area contributed by atoms with E-state index in [2.05, 4.69) is 88.4 Å². The number of allylic oxidation sites excluding steroid dienone is 4. The Kier molecular flexibility index (Phi) is 23.9. The molecule has 4 aromatic carbocycles. The minimum Gasteiger partial charge on any atom is -0.512 e. The van der Waals surface area contributed by atoms with E-state index < -0.39 is 0 Å². The van der Waals surface area contributed by atoms with E-state index in [1.165, 1.54) is 76.1 Å². The van der Waals surface area contributed by atoms with Gasteiger partial charge >= 0.3 is 0 Å². The van der Waals surface area contributed by atoms with Gasteiger partial charge in [-0.1, -0.05) is 112 Å². The normalized spacial score (nSPS) is 11.8. The van der Waals surface area contributed by atoms with Gasteiger partial charge in [-0.2, -0.15) is 0 Å². The van der Waals surface area contributed by atoms with Gasteiger partial charge in [-0.3, -0.25) is 9.59 Å². The number of rotatable bonds is 16. The van der Waals surface area contributed by atoms with Crippen LogP contribution in [0.25, 0.3) is 64.2 Å².